The lowest BCUT2D eigenvalue weighted by molar-refractivity contribution is 0.0714. The van der Waals surface area contributed by atoms with Crippen molar-refractivity contribution in [1.29, 1.82) is 0 Å². The quantitative estimate of drug-likeness (QED) is 0.575. The second-order valence-electron chi connectivity index (χ2n) is 7.89. The average molecular weight is 377 g/mol. The van der Waals surface area contributed by atoms with E-state index in [-0.39, 0.29) is 11.3 Å². The third kappa shape index (κ3) is 4.63. The molecule has 0 saturated carbocycles. The van der Waals surface area contributed by atoms with Gasteiger partial charge in [0.25, 0.3) is 5.91 Å². The molecular formula is C24H27NO3. The molecule has 0 aliphatic carbocycles. The number of ether oxygens (including phenoxy) is 1. The molecule has 1 amide bonds. The van der Waals surface area contributed by atoms with E-state index in [1.165, 1.54) is 5.56 Å². The minimum Gasteiger partial charge on any atom is -0.496 e. The molecule has 0 aliphatic rings. The third-order valence-electron chi connectivity index (χ3n) is 4.74. The molecule has 2 aromatic carbocycles. The Bertz CT molecular complexity index is 906. The molecule has 1 aromatic heterocycles. The highest BCUT2D eigenvalue weighted by molar-refractivity contribution is 5.96. The predicted molar refractivity (Wildman–Crippen MR) is 110 cm³/mol. The summed E-state index contributed by atoms with van der Waals surface area (Å²) in [6.45, 7) is 7.45. The molecule has 4 nitrogen and oxygen atoms in total. The Kier molecular flexibility index (Phi) is 5.88. The smallest absolute Gasteiger partial charge is 0.258 e. The Morgan fingerprint density at radius 2 is 1.68 bits per heavy atom. The number of nitrogens with zero attached hydrogens (tertiary/aromatic N) is 1. The molecule has 0 spiro atoms. The third-order valence-corrected chi connectivity index (χ3v) is 4.74. The minimum atomic E-state index is -0.0891. The summed E-state index contributed by atoms with van der Waals surface area (Å²) in [5, 5.41) is 0. The summed E-state index contributed by atoms with van der Waals surface area (Å²) in [4.78, 5) is 15.1. The van der Waals surface area contributed by atoms with E-state index in [0.717, 1.165) is 11.3 Å². The maximum absolute atomic E-state index is 13.3. The monoisotopic (exact) mass is 377 g/mol. The van der Waals surface area contributed by atoms with Crippen molar-refractivity contribution in [2.75, 3.05) is 7.11 Å². The zero-order valence-corrected chi connectivity index (χ0v) is 16.9. The fraction of sp³-hybridized carbons (Fsp3) is 0.292. The van der Waals surface area contributed by atoms with Gasteiger partial charge in [0.05, 0.1) is 25.5 Å². The molecule has 0 unspecified atom stereocenters. The zero-order chi connectivity index (χ0) is 20.1. The van der Waals surface area contributed by atoms with Gasteiger partial charge in [0.2, 0.25) is 0 Å². The molecule has 0 saturated heterocycles. The van der Waals surface area contributed by atoms with E-state index in [4.69, 9.17) is 9.15 Å². The molecule has 28 heavy (non-hydrogen) atoms. The van der Waals surface area contributed by atoms with E-state index >= 15 is 0 Å². The summed E-state index contributed by atoms with van der Waals surface area (Å²) in [5.74, 6) is 1.23. The number of rotatable bonds is 6. The van der Waals surface area contributed by atoms with Crippen LogP contribution in [0.25, 0.3) is 0 Å². The van der Waals surface area contributed by atoms with Crippen molar-refractivity contribution in [2.45, 2.75) is 39.3 Å². The van der Waals surface area contributed by atoms with Gasteiger partial charge >= 0.3 is 0 Å². The van der Waals surface area contributed by atoms with E-state index in [0.29, 0.717) is 24.4 Å². The summed E-state index contributed by atoms with van der Waals surface area (Å²) in [6.07, 6.45) is 1.62. The second kappa shape index (κ2) is 8.34. The molecule has 0 fully saturated rings. The molecule has 0 N–H and O–H groups in total. The number of carbonyl (C=O) groups excluding carboxylic acids is 1. The molecule has 0 atom stereocenters. The first-order valence-corrected chi connectivity index (χ1v) is 9.42. The number of carbonyl (C=O) groups is 1. The van der Waals surface area contributed by atoms with Gasteiger partial charge in [-0.2, -0.15) is 0 Å². The van der Waals surface area contributed by atoms with Crippen LogP contribution in [0.5, 0.6) is 5.75 Å². The van der Waals surface area contributed by atoms with E-state index in [1.54, 1.807) is 30.4 Å². The van der Waals surface area contributed by atoms with E-state index in [2.05, 4.69) is 45.0 Å². The van der Waals surface area contributed by atoms with Crippen LogP contribution >= 0.6 is 0 Å². The van der Waals surface area contributed by atoms with Crippen LogP contribution in [0, 0.1) is 0 Å². The lowest BCUT2D eigenvalue weighted by atomic mass is 9.87. The number of methoxy groups -OCH3 is 1. The zero-order valence-electron chi connectivity index (χ0n) is 16.9. The standard InChI is InChI=1S/C24H27NO3/c1-24(2,3)19-13-11-18(12-14-19)16-25(17-20-8-7-15-28-20)23(26)21-9-5-6-10-22(21)27-4/h5-15H,16-17H2,1-4H3. The van der Waals surface area contributed by atoms with Crippen molar-refractivity contribution in [3.05, 3.63) is 89.4 Å². The summed E-state index contributed by atoms with van der Waals surface area (Å²) in [7, 11) is 1.58. The first-order chi connectivity index (χ1) is 13.4. The van der Waals surface area contributed by atoms with Gasteiger partial charge in [-0.25, -0.2) is 0 Å². The molecule has 3 rings (SSSR count). The maximum Gasteiger partial charge on any atom is 0.258 e. The van der Waals surface area contributed by atoms with Gasteiger partial charge < -0.3 is 14.1 Å². The fourth-order valence-electron chi connectivity index (χ4n) is 3.11. The van der Waals surface area contributed by atoms with E-state index in [9.17, 15) is 4.79 Å². The Labute approximate surface area is 166 Å². The molecule has 4 heteroatoms. The molecule has 146 valence electrons. The second-order valence-corrected chi connectivity index (χ2v) is 7.89. The topological polar surface area (TPSA) is 42.7 Å². The maximum atomic E-state index is 13.3. The van der Waals surface area contributed by atoms with Crippen LogP contribution in [-0.2, 0) is 18.5 Å². The van der Waals surface area contributed by atoms with Crippen LogP contribution in [0.4, 0.5) is 0 Å². The number of benzene rings is 2. The Morgan fingerprint density at radius 3 is 2.29 bits per heavy atom. The van der Waals surface area contributed by atoms with Crippen LogP contribution < -0.4 is 4.74 Å². The van der Waals surface area contributed by atoms with Gasteiger partial charge in [-0.05, 0) is 40.8 Å². The van der Waals surface area contributed by atoms with Crippen molar-refractivity contribution >= 4 is 5.91 Å². The normalized spacial score (nSPS) is 11.3. The molecule has 1 heterocycles. The van der Waals surface area contributed by atoms with Gasteiger partial charge in [-0.3, -0.25) is 4.79 Å². The summed E-state index contributed by atoms with van der Waals surface area (Å²) < 4.78 is 10.9. The van der Waals surface area contributed by atoms with Gasteiger partial charge in [0.1, 0.15) is 11.5 Å². The lowest BCUT2D eigenvalue weighted by Crippen LogP contribution is -2.30. The van der Waals surface area contributed by atoms with Crippen molar-refractivity contribution in [2.24, 2.45) is 0 Å². The highest BCUT2D eigenvalue weighted by Gasteiger charge is 2.21. The molecule has 0 radical (unpaired) electrons. The van der Waals surface area contributed by atoms with Gasteiger partial charge in [-0.1, -0.05) is 57.2 Å². The van der Waals surface area contributed by atoms with Gasteiger partial charge in [-0.15, -0.1) is 0 Å². The van der Waals surface area contributed by atoms with Gasteiger partial charge in [0, 0.05) is 6.54 Å². The molecule has 0 bridgehead atoms. The first-order valence-electron chi connectivity index (χ1n) is 9.42. The van der Waals surface area contributed by atoms with E-state index < -0.39 is 0 Å². The van der Waals surface area contributed by atoms with Crippen molar-refractivity contribution in [3.8, 4) is 5.75 Å². The number of furan rings is 1. The Hall–Kier alpha value is -3.01. The van der Waals surface area contributed by atoms with Crippen LogP contribution in [0.15, 0.2) is 71.3 Å². The van der Waals surface area contributed by atoms with Crippen LogP contribution in [0.2, 0.25) is 0 Å². The van der Waals surface area contributed by atoms with Crippen molar-refractivity contribution in [1.82, 2.24) is 4.90 Å². The van der Waals surface area contributed by atoms with E-state index in [1.807, 2.05) is 24.3 Å². The Balaban J connectivity index is 1.88. The predicted octanol–water partition coefficient (Wildman–Crippen LogP) is 5.43. The van der Waals surface area contributed by atoms with Crippen molar-refractivity contribution in [3.63, 3.8) is 0 Å². The lowest BCUT2D eigenvalue weighted by Gasteiger charge is -2.24. The molecular weight excluding hydrogens is 350 g/mol. The SMILES string of the molecule is COc1ccccc1C(=O)N(Cc1ccc(C(C)(C)C)cc1)Cc1ccco1. The minimum absolute atomic E-state index is 0.0891. The van der Waals surface area contributed by atoms with Crippen LogP contribution in [0.3, 0.4) is 0 Å². The number of hydrogen-bond acceptors (Lipinski definition) is 3. The van der Waals surface area contributed by atoms with Crippen molar-refractivity contribution < 1.29 is 13.9 Å². The first kappa shape index (κ1) is 19.7. The fourth-order valence-corrected chi connectivity index (χ4v) is 3.11. The highest BCUT2D eigenvalue weighted by atomic mass is 16.5. The largest absolute Gasteiger partial charge is 0.496 e. The summed E-state index contributed by atoms with van der Waals surface area (Å²) in [6, 6.07) is 19.5. The summed E-state index contributed by atoms with van der Waals surface area (Å²) in [5.41, 5.74) is 2.98. The number of para-hydroxylation sites is 1. The average Bonchev–Trinajstić information content (AvgIpc) is 3.20. The highest BCUT2D eigenvalue weighted by Crippen LogP contribution is 2.24. The van der Waals surface area contributed by atoms with Crippen LogP contribution in [0.1, 0.15) is 48.0 Å². The van der Waals surface area contributed by atoms with Gasteiger partial charge in [0.15, 0.2) is 0 Å². The number of amides is 1. The molecule has 0 aliphatic heterocycles. The molecule has 3 aromatic rings. The Morgan fingerprint density at radius 1 is 0.964 bits per heavy atom. The number of hydrogen-bond donors (Lipinski definition) is 0. The summed E-state index contributed by atoms with van der Waals surface area (Å²) >= 11 is 0. The van der Waals surface area contributed by atoms with Crippen LogP contribution in [-0.4, -0.2) is 17.9 Å².